The number of rotatable bonds is 1. The molecule has 0 atom stereocenters. The molecule has 0 heterocycles. The second-order valence-corrected chi connectivity index (χ2v) is 5.83. The summed E-state index contributed by atoms with van der Waals surface area (Å²) in [6, 6.07) is 15.3. The van der Waals surface area contributed by atoms with Gasteiger partial charge in [0.15, 0.2) is 0 Å². The molecule has 18 heavy (non-hydrogen) atoms. The van der Waals surface area contributed by atoms with Crippen LogP contribution in [0.15, 0.2) is 52.5 Å². The lowest BCUT2D eigenvalue weighted by atomic mass is 9.97. The molecule has 2 aromatic carbocycles. The molecule has 0 amide bonds. The lowest BCUT2D eigenvalue weighted by Gasteiger charge is -2.09. The maximum absolute atomic E-state index is 3.69. The van der Waals surface area contributed by atoms with Gasteiger partial charge in [-0.05, 0) is 48.6 Å². The van der Waals surface area contributed by atoms with E-state index < -0.39 is 0 Å². The average molecular weight is 299 g/mol. The molecule has 0 nitrogen and oxygen atoms in total. The zero-order valence-corrected chi connectivity index (χ0v) is 12.2. The Morgan fingerprint density at radius 2 is 1.67 bits per heavy atom. The summed E-state index contributed by atoms with van der Waals surface area (Å²) in [6.45, 7) is 4.37. The van der Waals surface area contributed by atoms with E-state index in [1.807, 2.05) is 0 Å². The number of aryl methyl sites for hydroxylation is 1. The van der Waals surface area contributed by atoms with Crippen molar-refractivity contribution in [3.8, 4) is 0 Å². The second kappa shape index (κ2) is 4.40. The fourth-order valence-corrected chi connectivity index (χ4v) is 3.30. The summed E-state index contributed by atoms with van der Waals surface area (Å²) in [5.74, 6) is 0. The summed E-state index contributed by atoms with van der Waals surface area (Å²) < 4.78 is 1.20. The van der Waals surface area contributed by atoms with Gasteiger partial charge in [-0.3, -0.25) is 0 Å². The van der Waals surface area contributed by atoms with Crippen molar-refractivity contribution in [2.75, 3.05) is 0 Å². The van der Waals surface area contributed by atoms with Gasteiger partial charge in [0.1, 0.15) is 0 Å². The van der Waals surface area contributed by atoms with Crippen LogP contribution in [0.25, 0.3) is 5.57 Å². The van der Waals surface area contributed by atoms with Gasteiger partial charge in [-0.2, -0.15) is 0 Å². The number of hydrogen-bond acceptors (Lipinski definition) is 0. The predicted molar refractivity (Wildman–Crippen MR) is 80.7 cm³/mol. The molecule has 1 aliphatic carbocycles. The number of benzene rings is 2. The Balaban J connectivity index is 2.19. The lowest BCUT2D eigenvalue weighted by molar-refractivity contribution is 1.19. The average Bonchev–Trinajstić information content (AvgIpc) is 2.68. The minimum absolute atomic E-state index is 1.07. The van der Waals surface area contributed by atoms with Crippen LogP contribution in [0.3, 0.4) is 0 Å². The minimum Gasteiger partial charge on any atom is -0.0608 e. The van der Waals surface area contributed by atoms with E-state index in [4.69, 9.17) is 0 Å². The predicted octanol–water partition coefficient (Wildman–Crippen LogP) is 5.14. The van der Waals surface area contributed by atoms with Crippen molar-refractivity contribution in [1.82, 2.24) is 0 Å². The topological polar surface area (TPSA) is 0 Å². The molecule has 1 aliphatic rings. The molecule has 0 fully saturated rings. The van der Waals surface area contributed by atoms with Gasteiger partial charge in [-0.1, -0.05) is 63.5 Å². The van der Waals surface area contributed by atoms with Gasteiger partial charge in [-0.15, -0.1) is 0 Å². The van der Waals surface area contributed by atoms with Gasteiger partial charge in [0, 0.05) is 4.47 Å². The normalized spacial score (nSPS) is 13.9. The van der Waals surface area contributed by atoms with Crippen molar-refractivity contribution in [3.05, 3.63) is 74.8 Å². The van der Waals surface area contributed by atoms with Gasteiger partial charge in [0.2, 0.25) is 0 Å². The van der Waals surface area contributed by atoms with E-state index in [0.29, 0.717) is 0 Å². The van der Waals surface area contributed by atoms with Crippen LogP contribution in [0.1, 0.15) is 29.2 Å². The molecule has 0 saturated carbocycles. The van der Waals surface area contributed by atoms with Crippen LogP contribution in [0, 0.1) is 6.92 Å². The van der Waals surface area contributed by atoms with Crippen LogP contribution in [-0.2, 0) is 6.42 Å². The number of hydrogen-bond donors (Lipinski definition) is 0. The standard InChI is InChI=1S/C17H15Br/c1-11-6-8-13(9-7-11)16-12(2)10-14-4-3-5-15(18)17(14)16/h3-9H,10H2,1-2H3. The highest BCUT2D eigenvalue weighted by molar-refractivity contribution is 9.10. The molecule has 0 N–H and O–H groups in total. The smallest absolute Gasteiger partial charge is 0.0256 e. The first kappa shape index (κ1) is 11.7. The summed E-state index contributed by atoms with van der Waals surface area (Å²) in [5, 5.41) is 0. The third kappa shape index (κ3) is 1.83. The summed E-state index contributed by atoms with van der Waals surface area (Å²) in [5.41, 5.74) is 8.29. The quantitative estimate of drug-likeness (QED) is 0.684. The molecule has 0 aromatic heterocycles. The van der Waals surface area contributed by atoms with Crippen LogP contribution in [0.4, 0.5) is 0 Å². The Hall–Kier alpha value is -1.34. The Kier molecular flexibility index (Phi) is 2.87. The summed E-state index contributed by atoms with van der Waals surface area (Å²) in [7, 11) is 0. The highest BCUT2D eigenvalue weighted by Gasteiger charge is 2.21. The number of fused-ring (bicyclic) bond motifs is 1. The van der Waals surface area contributed by atoms with Crippen LogP contribution in [-0.4, -0.2) is 0 Å². The molecule has 0 aliphatic heterocycles. The molecule has 0 saturated heterocycles. The van der Waals surface area contributed by atoms with Crippen molar-refractivity contribution < 1.29 is 0 Å². The van der Waals surface area contributed by atoms with E-state index in [2.05, 4.69) is 72.2 Å². The van der Waals surface area contributed by atoms with Crippen molar-refractivity contribution in [3.63, 3.8) is 0 Å². The number of allylic oxidation sites excluding steroid dienone is 1. The van der Waals surface area contributed by atoms with E-state index in [-0.39, 0.29) is 0 Å². The van der Waals surface area contributed by atoms with Crippen LogP contribution < -0.4 is 0 Å². The molecular weight excluding hydrogens is 284 g/mol. The Morgan fingerprint density at radius 3 is 2.39 bits per heavy atom. The first-order valence-corrected chi connectivity index (χ1v) is 7.00. The fourth-order valence-electron chi connectivity index (χ4n) is 2.69. The van der Waals surface area contributed by atoms with E-state index in [1.165, 1.54) is 37.9 Å². The molecule has 0 spiro atoms. The van der Waals surface area contributed by atoms with E-state index in [9.17, 15) is 0 Å². The van der Waals surface area contributed by atoms with Gasteiger partial charge in [0.05, 0.1) is 0 Å². The summed E-state index contributed by atoms with van der Waals surface area (Å²) in [6.07, 6.45) is 1.07. The van der Waals surface area contributed by atoms with Gasteiger partial charge < -0.3 is 0 Å². The molecule has 0 radical (unpaired) electrons. The highest BCUT2D eigenvalue weighted by atomic mass is 79.9. The maximum atomic E-state index is 3.69. The van der Waals surface area contributed by atoms with Crippen LogP contribution in [0.2, 0.25) is 0 Å². The molecule has 3 rings (SSSR count). The van der Waals surface area contributed by atoms with Crippen LogP contribution >= 0.6 is 15.9 Å². The molecule has 2 aromatic rings. The molecule has 0 bridgehead atoms. The van der Waals surface area contributed by atoms with E-state index in [1.54, 1.807) is 0 Å². The Bertz CT molecular complexity index is 633. The Morgan fingerprint density at radius 1 is 0.944 bits per heavy atom. The largest absolute Gasteiger partial charge is 0.0608 e. The molecule has 90 valence electrons. The zero-order valence-electron chi connectivity index (χ0n) is 10.6. The van der Waals surface area contributed by atoms with Crippen molar-refractivity contribution in [1.29, 1.82) is 0 Å². The second-order valence-electron chi connectivity index (χ2n) is 4.97. The lowest BCUT2D eigenvalue weighted by Crippen LogP contribution is -1.89. The van der Waals surface area contributed by atoms with Crippen molar-refractivity contribution in [2.45, 2.75) is 20.3 Å². The van der Waals surface area contributed by atoms with Gasteiger partial charge in [-0.25, -0.2) is 0 Å². The molecule has 1 heteroatoms. The van der Waals surface area contributed by atoms with Gasteiger partial charge in [0.25, 0.3) is 0 Å². The van der Waals surface area contributed by atoms with Crippen molar-refractivity contribution in [2.24, 2.45) is 0 Å². The number of halogens is 1. The fraction of sp³-hybridized carbons (Fsp3) is 0.176. The van der Waals surface area contributed by atoms with E-state index in [0.717, 1.165) is 6.42 Å². The first-order chi connectivity index (χ1) is 8.66. The maximum Gasteiger partial charge on any atom is 0.0256 e. The molecular formula is C17H15Br. The van der Waals surface area contributed by atoms with Crippen molar-refractivity contribution >= 4 is 21.5 Å². The highest BCUT2D eigenvalue weighted by Crippen LogP contribution is 2.41. The first-order valence-electron chi connectivity index (χ1n) is 6.21. The Labute approximate surface area is 116 Å². The van der Waals surface area contributed by atoms with Gasteiger partial charge >= 0.3 is 0 Å². The SMILES string of the molecule is CC1=C(c2ccc(C)cc2)c2c(Br)cccc2C1. The van der Waals surface area contributed by atoms with E-state index >= 15 is 0 Å². The zero-order chi connectivity index (χ0) is 12.7. The summed E-state index contributed by atoms with van der Waals surface area (Å²) >= 11 is 3.69. The third-order valence-electron chi connectivity index (χ3n) is 3.57. The monoisotopic (exact) mass is 298 g/mol. The summed E-state index contributed by atoms with van der Waals surface area (Å²) in [4.78, 5) is 0. The minimum atomic E-state index is 1.07. The van der Waals surface area contributed by atoms with Crippen LogP contribution in [0.5, 0.6) is 0 Å². The third-order valence-corrected chi connectivity index (χ3v) is 4.23. The molecule has 0 unspecified atom stereocenters.